The van der Waals surface area contributed by atoms with Crippen molar-refractivity contribution in [3.8, 4) is 11.8 Å². The molecule has 0 spiro atoms. The van der Waals surface area contributed by atoms with Gasteiger partial charge in [0.15, 0.2) is 0 Å². The van der Waals surface area contributed by atoms with E-state index in [1.807, 2.05) is 0 Å². The molecule has 22 heavy (non-hydrogen) atoms. The van der Waals surface area contributed by atoms with Crippen molar-refractivity contribution in [2.75, 3.05) is 19.5 Å². The van der Waals surface area contributed by atoms with Gasteiger partial charge in [-0.05, 0) is 31.0 Å². The quantitative estimate of drug-likeness (QED) is 0.867. The highest BCUT2D eigenvalue weighted by atomic mass is 16.5. The number of benzene rings is 1. The van der Waals surface area contributed by atoms with Crippen LogP contribution in [0.4, 0.5) is 5.69 Å². The molecular weight excluding hydrogens is 280 g/mol. The summed E-state index contributed by atoms with van der Waals surface area (Å²) >= 11 is 0. The van der Waals surface area contributed by atoms with Crippen molar-refractivity contribution in [2.45, 2.75) is 44.1 Å². The molecule has 118 valence electrons. The summed E-state index contributed by atoms with van der Waals surface area (Å²) in [5.74, 6) is 0.363. The first-order chi connectivity index (χ1) is 10.6. The van der Waals surface area contributed by atoms with Crippen LogP contribution in [0.25, 0.3) is 0 Å². The van der Waals surface area contributed by atoms with E-state index in [0.29, 0.717) is 17.0 Å². The van der Waals surface area contributed by atoms with Gasteiger partial charge >= 0.3 is 0 Å². The maximum Gasteiger partial charge on any atom is 0.256 e. The normalized spacial score (nSPS) is 17.1. The molecule has 0 aromatic heterocycles. The molecule has 0 atom stereocenters. The monoisotopic (exact) mass is 302 g/mol. The van der Waals surface area contributed by atoms with E-state index in [4.69, 9.17) is 14.7 Å². The highest BCUT2D eigenvalue weighted by Gasteiger charge is 2.38. The van der Waals surface area contributed by atoms with Crippen LogP contribution in [0.15, 0.2) is 18.2 Å². The Morgan fingerprint density at radius 2 is 1.91 bits per heavy atom. The molecule has 1 aromatic rings. The Hall–Kier alpha value is -2.06. The fourth-order valence-electron chi connectivity index (χ4n) is 2.94. The number of nitrogens with one attached hydrogen (secondary N) is 1. The largest absolute Gasteiger partial charge is 0.495 e. The van der Waals surface area contributed by atoms with E-state index in [-0.39, 0.29) is 5.91 Å². The van der Waals surface area contributed by atoms with E-state index in [1.54, 1.807) is 25.3 Å². The summed E-state index contributed by atoms with van der Waals surface area (Å²) in [7, 11) is 3.11. The molecule has 1 aliphatic rings. The number of methoxy groups -OCH3 is 2. The predicted octanol–water partition coefficient (Wildman–Crippen LogP) is 3.24. The van der Waals surface area contributed by atoms with Crippen LogP contribution in [-0.2, 0) is 9.53 Å². The SMILES string of the molecule is COc1ccc(NC(=O)C2(OC)CCCCCC2)cc1C#N. The molecule has 1 saturated carbocycles. The molecule has 1 aromatic carbocycles. The molecule has 1 amide bonds. The van der Waals surface area contributed by atoms with Crippen LogP contribution in [0.5, 0.6) is 5.75 Å². The number of amides is 1. The standard InChI is InChI=1S/C17H22N2O3/c1-21-15-8-7-14(11-13(15)12-18)19-16(20)17(22-2)9-5-3-4-6-10-17/h7-8,11H,3-6,9-10H2,1-2H3,(H,19,20). The Bertz CT molecular complexity index is 570. The second-order valence-corrected chi connectivity index (χ2v) is 5.59. The predicted molar refractivity (Wildman–Crippen MR) is 83.8 cm³/mol. The third-order valence-electron chi connectivity index (χ3n) is 4.29. The lowest BCUT2D eigenvalue weighted by Crippen LogP contribution is -2.44. The third-order valence-corrected chi connectivity index (χ3v) is 4.29. The minimum atomic E-state index is -0.761. The van der Waals surface area contributed by atoms with E-state index in [0.717, 1.165) is 38.5 Å². The molecule has 0 aliphatic heterocycles. The molecular formula is C17H22N2O3. The van der Waals surface area contributed by atoms with Crippen LogP contribution in [-0.4, -0.2) is 25.7 Å². The van der Waals surface area contributed by atoms with Crippen molar-refractivity contribution in [2.24, 2.45) is 0 Å². The molecule has 0 radical (unpaired) electrons. The first-order valence-corrected chi connectivity index (χ1v) is 7.60. The lowest BCUT2D eigenvalue weighted by molar-refractivity contribution is -0.139. The molecule has 5 heteroatoms. The summed E-state index contributed by atoms with van der Waals surface area (Å²) in [6.07, 6.45) is 5.73. The second kappa shape index (κ2) is 7.28. The summed E-state index contributed by atoms with van der Waals surface area (Å²) < 4.78 is 10.7. The van der Waals surface area contributed by atoms with Gasteiger partial charge < -0.3 is 14.8 Å². The van der Waals surface area contributed by atoms with Crippen LogP contribution in [0, 0.1) is 11.3 Å². The molecule has 0 unspecified atom stereocenters. The average Bonchev–Trinajstić information content (AvgIpc) is 2.81. The number of hydrogen-bond donors (Lipinski definition) is 1. The van der Waals surface area contributed by atoms with Gasteiger partial charge in [0.1, 0.15) is 17.4 Å². The Labute approximate surface area is 131 Å². The van der Waals surface area contributed by atoms with Gasteiger partial charge in [-0.15, -0.1) is 0 Å². The van der Waals surface area contributed by atoms with Crippen LogP contribution < -0.4 is 10.1 Å². The van der Waals surface area contributed by atoms with Gasteiger partial charge in [-0.25, -0.2) is 0 Å². The minimum Gasteiger partial charge on any atom is -0.495 e. The number of anilines is 1. The molecule has 0 bridgehead atoms. The van der Waals surface area contributed by atoms with Gasteiger partial charge in [-0.2, -0.15) is 5.26 Å². The van der Waals surface area contributed by atoms with E-state index in [2.05, 4.69) is 11.4 Å². The third kappa shape index (κ3) is 3.40. The zero-order valence-corrected chi connectivity index (χ0v) is 13.1. The zero-order valence-electron chi connectivity index (χ0n) is 13.1. The van der Waals surface area contributed by atoms with Gasteiger partial charge in [0.05, 0.1) is 12.7 Å². The van der Waals surface area contributed by atoms with Crippen LogP contribution in [0.2, 0.25) is 0 Å². The first kappa shape index (κ1) is 16.3. The highest BCUT2D eigenvalue weighted by molar-refractivity contribution is 5.97. The number of hydrogen-bond acceptors (Lipinski definition) is 4. The number of carbonyl (C=O) groups is 1. The van der Waals surface area contributed by atoms with Crippen molar-refractivity contribution < 1.29 is 14.3 Å². The number of nitriles is 1. The fraction of sp³-hybridized carbons (Fsp3) is 0.529. The van der Waals surface area contributed by atoms with Crippen LogP contribution in [0.1, 0.15) is 44.1 Å². The van der Waals surface area contributed by atoms with Crippen molar-refractivity contribution in [3.63, 3.8) is 0 Å². The maximum atomic E-state index is 12.7. The summed E-state index contributed by atoms with van der Waals surface area (Å²) in [4.78, 5) is 12.7. The first-order valence-electron chi connectivity index (χ1n) is 7.60. The van der Waals surface area contributed by atoms with E-state index in [9.17, 15) is 4.79 Å². The summed E-state index contributed by atoms with van der Waals surface area (Å²) in [5.41, 5.74) is 0.221. The lowest BCUT2D eigenvalue weighted by atomic mass is 9.93. The van der Waals surface area contributed by atoms with Crippen LogP contribution >= 0.6 is 0 Å². The zero-order chi connectivity index (χ0) is 16.0. The fourth-order valence-corrected chi connectivity index (χ4v) is 2.94. The highest BCUT2D eigenvalue weighted by Crippen LogP contribution is 2.32. The average molecular weight is 302 g/mol. The van der Waals surface area contributed by atoms with Gasteiger partial charge in [-0.1, -0.05) is 25.7 Å². The van der Waals surface area contributed by atoms with Crippen molar-refractivity contribution in [1.29, 1.82) is 5.26 Å². The molecule has 1 fully saturated rings. The van der Waals surface area contributed by atoms with E-state index in [1.165, 1.54) is 7.11 Å². The van der Waals surface area contributed by atoms with Gasteiger partial charge in [0.25, 0.3) is 5.91 Å². The molecule has 1 N–H and O–H groups in total. The summed E-state index contributed by atoms with van der Waals surface area (Å²) in [6.45, 7) is 0. The Morgan fingerprint density at radius 3 is 2.45 bits per heavy atom. The lowest BCUT2D eigenvalue weighted by Gasteiger charge is -2.29. The molecule has 0 saturated heterocycles. The van der Waals surface area contributed by atoms with Crippen LogP contribution in [0.3, 0.4) is 0 Å². The van der Waals surface area contributed by atoms with E-state index >= 15 is 0 Å². The van der Waals surface area contributed by atoms with Crippen molar-refractivity contribution in [3.05, 3.63) is 23.8 Å². The minimum absolute atomic E-state index is 0.133. The molecule has 1 aliphatic carbocycles. The van der Waals surface area contributed by atoms with Gasteiger partial charge in [0.2, 0.25) is 0 Å². The molecule has 0 heterocycles. The van der Waals surface area contributed by atoms with Gasteiger partial charge in [0, 0.05) is 12.8 Å². The van der Waals surface area contributed by atoms with Crippen molar-refractivity contribution >= 4 is 11.6 Å². The van der Waals surface area contributed by atoms with E-state index < -0.39 is 5.60 Å². The number of rotatable bonds is 4. The Morgan fingerprint density at radius 1 is 1.23 bits per heavy atom. The Kier molecular flexibility index (Phi) is 5.40. The maximum absolute atomic E-state index is 12.7. The van der Waals surface area contributed by atoms with Crippen molar-refractivity contribution in [1.82, 2.24) is 0 Å². The number of carbonyl (C=O) groups excluding carboxylic acids is 1. The number of ether oxygens (including phenoxy) is 2. The molecule has 5 nitrogen and oxygen atoms in total. The second-order valence-electron chi connectivity index (χ2n) is 5.59. The van der Waals surface area contributed by atoms with Gasteiger partial charge in [-0.3, -0.25) is 4.79 Å². The topological polar surface area (TPSA) is 71.3 Å². The Balaban J connectivity index is 2.18. The number of nitrogens with zero attached hydrogens (tertiary/aromatic N) is 1. The summed E-state index contributed by atoms with van der Waals surface area (Å²) in [5, 5.41) is 12.0. The molecule has 2 rings (SSSR count). The summed E-state index contributed by atoms with van der Waals surface area (Å²) in [6, 6.07) is 7.10. The smallest absolute Gasteiger partial charge is 0.256 e.